The quantitative estimate of drug-likeness (QED) is 0.404. The molecule has 4 heteroatoms. The van der Waals surface area contributed by atoms with E-state index in [0.717, 1.165) is 15.9 Å². The Morgan fingerprint density at radius 1 is 0.760 bits per heavy atom. The maximum Gasteiger partial charge on any atom is 0.337 e. The van der Waals surface area contributed by atoms with Crippen LogP contribution in [0.5, 0.6) is 0 Å². The zero-order valence-electron chi connectivity index (χ0n) is 14.1. The van der Waals surface area contributed by atoms with Crippen molar-refractivity contribution in [2.75, 3.05) is 7.11 Å². The minimum Gasteiger partial charge on any atom is -0.467 e. The summed E-state index contributed by atoms with van der Waals surface area (Å²) in [6.07, 6.45) is 0. The van der Waals surface area contributed by atoms with Crippen molar-refractivity contribution in [1.82, 2.24) is 0 Å². The second kappa shape index (κ2) is 7.67. The third kappa shape index (κ3) is 3.13. The number of carbonyl (C=O) groups is 1. The van der Waals surface area contributed by atoms with E-state index in [0.29, 0.717) is 0 Å². The molecule has 0 N–H and O–H groups in total. The molecule has 3 rings (SSSR count). The van der Waals surface area contributed by atoms with Crippen LogP contribution >= 0.6 is 7.26 Å². The van der Waals surface area contributed by atoms with E-state index in [1.807, 2.05) is 54.6 Å². The summed E-state index contributed by atoms with van der Waals surface area (Å²) in [5.41, 5.74) is -0.773. The van der Waals surface area contributed by atoms with Gasteiger partial charge in [0.1, 0.15) is 36.6 Å². The van der Waals surface area contributed by atoms with Crippen molar-refractivity contribution in [2.24, 2.45) is 0 Å². The Hall–Kier alpha value is -2.38. The van der Waals surface area contributed by atoms with Gasteiger partial charge in [-0.1, -0.05) is 54.6 Å². The van der Waals surface area contributed by atoms with Crippen LogP contribution in [0.25, 0.3) is 0 Å². The smallest absolute Gasteiger partial charge is 0.337 e. The van der Waals surface area contributed by atoms with Crippen LogP contribution in [-0.2, 0) is 9.53 Å². The van der Waals surface area contributed by atoms with Gasteiger partial charge < -0.3 is 4.74 Å². The van der Waals surface area contributed by atoms with Crippen LogP contribution in [0.2, 0.25) is 0 Å². The summed E-state index contributed by atoms with van der Waals surface area (Å²) in [6, 6.07) is 30.1. The molecule has 0 saturated heterocycles. The first-order valence-electron chi connectivity index (χ1n) is 8.10. The van der Waals surface area contributed by atoms with Crippen molar-refractivity contribution >= 4 is 37.0 Å². The van der Waals surface area contributed by atoms with E-state index in [1.165, 1.54) is 7.11 Å². The van der Waals surface area contributed by atoms with Gasteiger partial charge in [-0.3, -0.25) is 0 Å². The fraction of sp³-hybridized carbons (Fsp3) is 0.0952. The average Bonchev–Trinajstić information content (AvgIpc) is 2.70. The monoisotopic (exact) mass is 345 g/mol. The number of esters is 1. The molecule has 0 amide bonds. The molecule has 3 aromatic rings. The minimum atomic E-state index is -2.41. The summed E-state index contributed by atoms with van der Waals surface area (Å²) in [6.45, 7) is 0. The van der Waals surface area contributed by atoms with Crippen molar-refractivity contribution in [3.05, 3.63) is 91.0 Å². The Morgan fingerprint density at radius 3 is 1.36 bits per heavy atom. The molecule has 25 heavy (non-hydrogen) atoms. The standard InChI is InChI=1S/C21H19BO2P/c1-24-21(23)20(22)25(17-11-5-2-6-12-17,18-13-7-3-8-14-18)19-15-9-4-10-16-19/h2-16,20H,1H3/q+1. The number of ether oxygens (including phenoxy) is 1. The fourth-order valence-electron chi connectivity index (χ4n) is 3.20. The van der Waals surface area contributed by atoms with E-state index >= 15 is 0 Å². The molecule has 0 fully saturated rings. The summed E-state index contributed by atoms with van der Waals surface area (Å²) < 4.78 is 5.05. The fourth-order valence-corrected chi connectivity index (χ4v) is 7.40. The number of hydrogen-bond acceptors (Lipinski definition) is 2. The molecule has 0 spiro atoms. The number of methoxy groups -OCH3 is 1. The van der Waals surface area contributed by atoms with Crippen molar-refractivity contribution in [3.8, 4) is 0 Å². The SMILES string of the molecule is [B]C(C(=O)OC)[P+](c1ccccc1)(c1ccccc1)c1ccccc1. The van der Waals surface area contributed by atoms with Crippen molar-refractivity contribution in [2.45, 2.75) is 5.56 Å². The van der Waals surface area contributed by atoms with Crippen LogP contribution < -0.4 is 15.9 Å². The van der Waals surface area contributed by atoms with Gasteiger partial charge in [0, 0.05) is 0 Å². The predicted octanol–water partition coefficient (Wildman–Crippen LogP) is 2.65. The molecular weight excluding hydrogens is 326 g/mol. The topological polar surface area (TPSA) is 26.3 Å². The molecular formula is C21H19BO2P+. The minimum absolute atomic E-state index is 0.398. The molecule has 1 atom stereocenters. The normalized spacial score (nSPS) is 12.4. The highest BCUT2D eigenvalue weighted by Gasteiger charge is 2.53. The Morgan fingerprint density at radius 2 is 1.08 bits per heavy atom. The Kier molecular flexibility index (Phi) is 5.36. The van der Waals surface area contributed by atoms with Crippen molar-refractivity contribution < 1.29 is 9.53 Å². The van der Waals surface area contributed by atoms with E-state index in [1.54, 1.807) is 0 Å². The van der Waals surface area contributed by atoms with E-state index in [2.05, 4.69) is 36.4 Å². The molecule has 0 bridgehead atoms. The average molecular weight is 345 g/mol. The second-order valence-electron chi connectivity index (χ2n) is 5.70. The lowest BCUT2D eigenvalue weighted by Crippen LogP contribution is -2.43. The first-order chi connectivity index (χ1) is 12.2. The summed E-state index contributed by atoms with van der Waals surface area (Å²) in [4.78, 5) is 12.6. The third-order valence-corrected chi connectivity index (χ3v) is 8.73. The molecule has 3 aromatic carbocycles. The van der Waals surface area contributed by atoms with Gasteiger partial charge >= 0.3 is 5.97 Å². The molecule has 122 valence electrons. The van der Waals surface area contributed by atoms with Crippen LogP contribution in [0.1, 0.15) is 0 Å². The highest BCUT2D eigenvalue weighted by atomic mass is 31.2. The first-order valence-corrected chi connectivity index (χ1v) is 9.96. The molecule has 0 heterocycles. The van der Waals surface area contributed by atoms with Gasteiger partial charge in [0.2, 0.25) is 0 Å². The van der Waals surface area contributed by atoms with Crippen LogP contribution in [0, 0.1) is 0 Å². The van der Waals surface area contributed by atoms with E-state index in [9.17, 15) is 4.79 Å². The lowest BCUT2D eigenvalue weighted by molar-refractivity contribution is -0.138. The van der Waals surface area contributed by atoms with Gasteiger partial charge in [-0.05, 0) is 36.4 Å². The Balaban J connectivity index is 2.38. The maximum absolute atomic E-state index is 12.6. The molecule has 0 aliphatic heterocycles. The van der Waals surface area contributed by atoms with Crippen LogP contribution in [-0.4, -0.2) is 26.5 Å². The number of hydrogen-bond donors (Lipinski definition) is 0. The van der Waals surface area contributed by atoms with Crippen molar-refractivity contribution in [3.63, 3.8) is 0 Å². The molecule has 0 aliphatic rings. The zero-order valence-corrected chi connectivity index (χ0v) is 15.0. The summed E-state index contributed by atoms with van der Waals surface area (Å²) in [5, 5.41) is 3.18. The molecule has 2 nitrogen and oxygen atoms in total. The van der Waals surface area contributed by atoms with E-state index in [4.69, 9.17) is 12.6 Å². The molecule has 0 aliphatic carbocycles. The molecule has 0 saturated carbocycles. The van der Waals surface area contributed by atoms with Crippen LogP contribution in [0.3, 0.4) is 0 Å². The Labute approximate surface area is 150 Å². The maximum atomic E-state index is 12.6. The van der Waals surface area contributed by atoms with E-state index in [-0.39, 0.29) is 0 Å². The molecule has 1 unspecified atom stereocenters. The van der Waals surface area contributed by atoms with Gasteiger partial charge in [0.05, 0.1) is 7.11 Å². The predicted molar refractivity (Wildman–Crippen MR) is 107 cm³/mol. The van der Waals surface area contributed by atoms with Crippen LogP contribution in [0.15, 0.2) is 91.0 Å². The summed E-state index contributed by atoms with van der Waals surface area (Å²) >= 11 is 0. The highest BCUT2D eigenvalue weighted by molar-refractivity contribution is 7.97. The largest absolute Gasteiger partial charge is 0.467 e. The summed E-state index contributed by atoms with van der Waals surface area (Å²) in [7, 11) is 5.55. The lowest BCUT2D eigenvalue weighted by Gasteiger charge is -2.31. The van der Waals surface area contributed by atoms with Gasteiger partial charge in [-0.25, -0.2) is 4.79 Å². The zero-order chi connectivity index (χ0) is 17.7. The van der Waals surface area contributed by atoms with Gasteiger partial charge in [-0.15, -0.1) is 0 Å². The highest BCUT2D eigenvalue weighted by Crippen LogP contribution is 2.58. The van der Waals surface area contributed by atoms with Gasteiger partial charge in [-0.2, -0.15) is 0 Å². The van der Waals surface area contributed by atoms with Gasteiger partial charge in [0.15, 0.2) is 0 Å². The lowest BCUT2D eigenvalue weighted by atomic mass is 10.1. The van der Waals surface area contributed by atoms with Gasteiger partial charge in [0.25, 0.3) is 0 Å². The van der Waals surface area contributed by atoms with Crippen molar-refractivity contribution in [1.29, 1.82) is 0 Å². The van der Waals surface area contributed by atoms with E-state index < -0.39 is 18.8 Å². The Bertz CT molecular complexity index is 726. The molecule has 0 aromatic heterocycles. The third-order valence-electron chi connectivity index (χ3n) is 4.35. The first kappa shape index (κ1) is 17.4. The van der Waals surface area contributed by atoms with Crippen LogP contribution in [0.4, 0.5) is 0 Å². The number of carbonyl (C=O) groups excluding carboxylic acids is 1. The second-order valence-corrected chi connectivity index (χ2v) is 9.25. The molecule has 2 radical (unpaired) electrons. The summed E-state index contributed by atoms with van der Waals surface area (Å²) in [5.74, 6) is -0.398. The number of rotatable bonds is 5. The number of benzene rings is 3.